The number of guanidine groups is 1. The maximum atomic E-state index is 12.2. The molecule has 0 aliphatic carbocycles. The fourth-order valence-corrected chi connectivity index (χ4v) is 4.57. The van der Waals surface area contributed by atoms with Crippen LogP contribution in [0.5, 0.6) is 0 Å². The van der Waals surface area contributed by atoms with Crippen LogP contribution in [0.3, 0.4) is 0 Å². The van der Waals surface area contributed by atoms with E-state index in [2.05, 4.69) is 24.8 Å². The van der Waals surface area contributed by atoms with Crippen LogP contribution in [0.4, 0.5) is 0 Å². The molecule has 164 valence electrons. The standard InChI is InChI=1S/C19H31N5O3S.HI/c1-20-19(24-9-7-18(16-24)23-10-12-27-13-11-23)21-8-14-28(25,26)22-15-17-5-3-2-4-6-17;/h2-6,18,22H,7-16H2,1H3,(H,20,21);1H. The van der Waals surface area contributed by atoms with Crippen molar-refractivity contribution < 1.29 is 13.2 Å². The summed E-state index contributed by atoms with van der Waals surface area (Å²) in [6, 6.07) is 10.0. The van der Waals surface area contributed by atoms with Crippen molar-refractivity contribution in [1.82, 2.24) is 19.8 Å². The summed E-state index contributed by atoms with van der Waals surface area (Å²) in [7, 11) is -1.60. The molecule has 0 bridgehead atoms. The molecule has 1 aromatic carbocycles. The Morgan fingerprint density at radius 2 is 1.93 bits per heavy atom. The van der Waals surface area contributed by atoms with Gasteiger partial charge in [0.05, 0.1) is 19.0 Å². The average molecular weight is 537 g/mol. The maximum Gasteiger partial charge on any atom is 0.213 e. The zero-order valence-electron chi connectivity index (χ0n) is 16.9. The number of halogens is 1. The molecule has 2 heterocycles. The van der Waals surface area contributed by atoms with Crippen LogP contribution >= 0.6 is 24.0 Å². The molecule has 1 atom stereocenters. The van der Waals surface area contributed by atoms with Crippen LogP contribution in [0.2, 0.25) is 0 Å². The molecular formula is C19H32IN5O3S. The lowest BCUT2D eigenvalue weighted by Crippen LogP contribution is -2.47. The summed E-state index contributed by atoms with van der Waals surface area (Å²) in [5, 5.41) is 3.20. The van der Waals surface area contributed by atoms with Crippen LogP contribution in [0.25, 0.3) is 0 Å². The van der Waals surface area contributed by atoms with E-state index in [1.165, 1.54) is 0 Å². The van der Waals surface area contributed by atoms with E-state index in [1.807, 2.05) is 30.3 Å². The average Bonchev–Trinajstić information content (AvgIpc) is 3.21. The smallest absolute Gasteiger partial charge is 0.213 e. The molecule has 2 aliphatic heterocycles. The Kier molecular flexibility index (Phi) is 10.1. The second-order valence-corrected chi connectivity index (χ2v) is 9.06. The second kappa shape index (κ2) is 12.0. The molecule has 0 radical (unpaired) electrons. The lowest BCUT2D eigenvalue weighted by atomic mass is 10.2. The van der Waals surface area contributed by atoms with Gasteiger partial charge in [0.25, 0.3) is 0 Å². The number of morpholine rings is 1. The van der Waals surface area contributed by atoms with Crippen LogP contribution < -0.4 is 10.0 Å². The second-order valence-electron chi connectivity index (χ2n) is 7.14. The number of rotatable bonds is 7. The van der Waals surface area contributed by atoms with Gasteiger partial charge < -0.3 is 15.0 Å². The lowest BCUT2D eigenvalue weighted by Gasteiger charge is -2.32. The van der Waals surface area contributed by atoms with Crippen LogP contribution in [0.1, 0.15) is 12.0 Å². The van der Waals surface area contributed by atoms with Gasteiger partial charge >= 0.3 is 0 Å². The Bertz CT molecular complexity index is 741. The third-order valence-corrected chi connectivity index (χ3v) is 6.56. The zero-order valence-corrected chi connectivity index (χ0v) is 20.1. The van der Waals surface area contributed by atoms with Crippen molar-refractivity contribution in [2.75, 3.05) is 58.7 Å². The van der Waals surface area contributed by atoms with Gasteiger partial charge in [0, 0.05) is 52.4 Å². The molecule has 3 rings (SSSR count). The third kappa shape index (κ3) is 7.67. The number of hydrogen-bond acceptors (Lipinski definition) is 5. The van der Waals surface area contributed by atoms with Crippen molar-refractivity contribution in [3.63, 3.8) is 0 Å². The van der Waals surface area contributed by atoms with Crippen LogP contribution in [-0.4, -0.2) is 89.0 Å². The fraction of sp³-hybridized carbons (Fsp3) is 0.632. The Morgan fingerprint density at radius 1 is 1.21 bits per heavy atom. The van der Waals surface area contributed by atoms with Crippen molar-refractivity contribution >= 4 is 40.0 Å². The molecule has 2 fully saturated rings. The number of nitrogens with zero attached hydrogens (tertiary/aromatic N) is 3. The van der Waals surface area contributed by atoms with Gasteiger partial charge in [-0.1, -0.05) is 30.3 Å². The SMILES string of the molecule is CN=C(NCCS(=O)(=O)NCc1ccccc1)N1CCC(N2CCOCC2)C1.I. The van der Waals surface area contributed by atoms with Crippen molar-refractivity contribution in [3.8, 4) is 0 Å². The Labute approximate surface area is 191 Å². The van der Waals surface area contributed by atoms with Crippen LogP contribution in [0, 0.1) is 0 Å². The molecule has 0 amide bonds. The fourth-order valence-electron chi connectivity index (χ4n) is 3.67. The number of likely N-dealkylation sites (tertiary alicyclic amines) is 1. The van der Waals surface area contributed by atoms with E-state index in [9.17, 15) is 8.42 Å². The minimum Gasteiger partial charge on any atom is -0.379 e. The minimum atomic E-state index is -3.34. The highest BCUT2D eigenvalue weighted by Gasteiger charge is 2.30. The van der Waals surface area contributed by atoms with E-state index in [1.54, 1.807) is 7.05 Å². The molecule has 2 aliphatic rings. The summed E-state index contributed by atoms with van der Waals surface area (Å²) >= 11 is 0. The maximum absolute atomic E-state index is 12.2. The first-order valence-corrected chi connectivity index (χ1v) is 11.5. The molecule has 1 unspecified atom stereocenters. The van der Waals surface area contributed by atoms with E-state index in [4.69, 9.17) is 4.74 Å². The largest absolute Gasteiger partial charge is 0.379 e. The normalized spacial score (nSPS) is 21.1. The van der Waals surface area contributed by atoms with Gasteiger partial charge in [0.2, 0.25) is 10.0 Å². The van der Waals surface area contributed by atoms with E-state index in [-0.39, 0.29) is 29.7 Å². The van der Waals surface area contributed by atoms with Gasteiger partial charge in [-0.3, -0.25) is 9.89 Å². The molecule has 0 aromatic heterocycles. The predicted molar refractivity (Wildman–Crippen MR) is 126 cm³/mol. The van der Waals surface area contributed by atoms with E-state index in [0.29, 0.717) is 19.1 Å². The number of hydrogen-bond donors (Lipinski definition) is 2. The minimum absolute atomic E-state index is 0. The first kappa shape index (κ1) is 24.3. The Hall–Kier alpha value is -0.950. The molecular weight excluding hydrogens is 505 g/mol. The summed E-state index contributed by atoms with van der Waals surface area (Å²) in [4.78, 5) is 9.03. The van der Waals surface area contributed by atoms with E-state index < -0.39 is 10.0 Å². The molecule has 2 saturated heterocycles. The molecule has 2 N–H and O–H groups in total. The first-order chi connectivity index (χ1) is 13.6. The number of aliphatic imine (C=N–C) groups is 1. The first-order valence-electron chi connectivity index (χ1n) is 9.86. The lowest BCUT2D eigenvalue weighted by molar-refractivity contribution is 0.0195. The number of nitrogens with one attached hydrogen (secondary N) is 2. The van der Waals surface area contributed by atoms with Crippen molar-refractivity contribution in [2.24, 2.45) is 4.99 Å². The molecule has 0 saturated carbocycles. The van der Waals surface area contributed by atoms with Gasteiger partial charge in [-0.2, -0.15) is 0 Å². The molecule has 1 aromatic rings. The topological polar surface area (TPSA) is 86.3 Å². The van der Waals surface area contributed by atoms with Gasteiger partial charge in [-0.15, -0.1) is 24.0 Å². The monoisotopic (exact) mass is 537 g/mol. The van der Waals surface area contributed by atoms with Gasteiger partial charge in [0.1, 0.15) is 0 Å². The summed E-state index contributed by atoms with van der Waals surface area (Å²) in [5.74, 6) is 0.786. The van der Waals surface area contributed by atoms with E-state index >= 15 is 0 Å². The summed E-state index contributed by atoms with van der Waals surface area (Å²) in [5.41, 5.74) is 0.945. The quantitative estimate of drug-likeness (QED) is 0.303. The van der Waals surface area contributed by atoms with Crippen LogP contribution in [0.15, 0.2) is 35.3 Å². The highest BCUT2D eigenvalue weighted by molar-refractivity contribution is 14.0. The Balaban J connectivity index is 0.00000300. The third-order valence-electron chi connectivity index (χ3n) is 5.23. The van der Waals surface area contributed by atoms with Crippen molar-refractivity contribution in [2.45, 2.75) is 19.0 Å². The van der Waals surface area contributed by atoms with Gasteiger partial charge in [-0.25, -0.2) is 13.1 Å². The number of sulfonamides is 1. The van der Waals surface area contributed by atoms with Gasteiger partial charge in [0.15, 0.2) is 5.96 Å². The van der Waals surface area contributed by atoms with Gasteiger partial charge in [-0.05, 0) is 12.0 Å². The summed E-state index contributed by atoms with van der Waals surface area (Å²) in [6.45, 7) is 6.06. The summed E-state index contributed by atoms with van der Waals surface area (Å²) in [6.07, 6.45) is 1.09. The number of benzene rings is 1. The predicted octanol–water partition coefficient (Wildman–Crippen LogP) is 0.706. The van der Waals surface area contributed by atoms with Crippen molar-refractivity contribution in [1.29, 1.82) is 0 Å². The molecule has 8 nitrogen and oxygen atoms in total. The highest BCUT2D eigenvalue weighted by atomic mass is 127. The molecule has 0 spiro atoms. The summed E-state index contributed by atoms with van der Waals surface area (Å²) < 4.78 is 32.5. The zero-order chi connectivity index (χ0) is 19.8. The molecule has 10 heteroatoms. The van der Waals surface area contributed by atoms with Crippen molar-refractivity contribution in [3.05, 3.63) is 35.9 Å². The highest BCUT2D eigenvalue weighted by Crippen LogP contribution is 2.17. The number of ether oxygens (including phenoxy) is 1. The Morgan fingerprint density at radius 3 is 2.62 bits per heavy atom. The molecule has 29 heavy (non-hydrogen) atoms. The van der Waals surface area contributed by atoms with E-state index in [0.717, 1.165) is 57.3 Å². The van der Waals surface area contributed by atoms with Crippen LogP contribution in [-0.2, 0) is 21.3 Å².